The van der Waals surface area contributed by atoms with E-state index >= 15 is 0 Å². The van der Waals surface area contributed by atoms with Crippen LogP contribution in [0.1, 0.15) is 5.56 Å². The average molecular weight is 428 g/mol. The molecular weight excluding hydrogens is 416 g/mol. The van der Waals surface area contributed by atoms with Crippen LogP contribution in [0.5, 0.6) is 0 Å². The molecule has 3 rings (SSSR count). The molecule has 1 amide bonds. The van der Waals surface area contributed by atoms with Gasteiger partial charge in [-0.15, -0.1) is 0 Å². The van der Waals surface area contributed by atoms with Gasteiger partial charge in [0, 0.05) is 26.6 Å². The lowest BCUT2D eigenvalue weighted by molar-refractivity contribution is -0.118. The molecule has 1 aromatic heterocycles. The first kappa shape index (κ1) is 17.0. The minimum atomic E-state index is -3.95. The van der Waals surface area contributed by atoms with Crippen LogP contribution in [0.15, 0.2) is 58.0 Å². The molecule has 2 aromatic carbocycles. The molecule has 0 fully saturated rings. The predicted molar refractivity (Wildman–Crippen MR) is 96.5 cm³/mol. The van der Waals surface area contributed by atoms with Gasteiger partial charge in [0.15, 0.2) is 0 Å². The summed E-state index contributed by atoms with van der Waals surface area (Å²) < 4.78 is 27.4. The van der Waals surface area contributed by atoms with Crippen LogP contribution in [-0.4, -0.2) is 19.3 Å². The average Bonchev–Trinajstić information content (AvgIpc) is 2.91. The van der Waals surface area contributed by atoms with Gasteiger partial charge in [-0.25, -0.2) is 13.1 Å². The molecule has 0 aliphatic rings. The zero-order chi connectivity index (χ0) is 17.3. The highest BCUT2D eigenvalue weighted by molar-refractivity contribution is 9.10. The molecule has 3 aromatic rings. The standard InChI is InChI=1S/C16H12BrClN2O3S/c17-13-5-2-6-14-16(13)10(9-19-14)7-15(21)20-24(22,23)12-4-1-3-11(18)8-12/h1-6,8-9,19H,7H2,(H,20,21). The maximum Gasteiger partial charge on any atom is 0.264 e. The number of amides is 1. The van der Waals surface area contributed by atoms with Crippen molar-refractivity contribution < 1.29 is 13.2 Å². The number of hydrogen-bond acceptors (Lipinski definition) is 3. The Balaban J connectivity index is 1.82. The summed E-state index contributed by atoms with van der Waals surface area (Å²) in [5, 5.41) is 1.14. The molecule has 0 atom stereocenters. The second kappa shape index (κ2) is 6.58. The zero-order valence-electron chi connectivity index (χ0n) is 12.2. The molecule has 0 saturated heterocycles. The van der Waals surface area contributed by atoms with Crippen molar-refractivity contribution >= 4 is 54.4 Å². The maximum atomic E-state index is 12.2. The van der Waals surface area contributed by atoms with Crippen molar-refractivity contribution in [3.8, 4) is 0 Å². The number of rotatable bonds is 4. The van der Waals surface area contributed by atoms with E-state index < -0.39 is 15.9 Å². The Hall–Kier alpha value is -1.83. The second-order valence-corrected chi connectivity index (χ2v) is 8.11. The van der Waals surface area contributed by atoms with E-state index in [0.717, 1.165) is 15.4 Å². The van der Waals surface area contributed by atoms with Crippen molar-refractivity contribution in [2.75, 3.05) is 0 Å². The zero-order valence-corrected chi connectivity index (χ0v) is 15.4. The molecule has 0 bridgehead atoms. The molecule has 1 heterocycles. The number of H-pyrrole nitrogens is 1. The Morgan fingerprint density at radius 1 is 1.21 bits per heavy atom. The fourth-order valence-corrected chi connectivity index (χ4v) is 4.30. The first-order valence-corrected chi connectivity index (χ1v) is 9.58. The summed E-state index contributed by atoms with van der Waals surface area (Å²) in [4.78, 5) is 15.2. The van der Waals surface area contributed by atoms with Crippen LogP contribution in [0.25, 0.3) is 10.9 Å². The summed E-state index contributed by atoms with van der Waals surface area (Å²) >= 11 is 9.24. The van der Waals surface area contributed by atoms with Gasteiger partial charge in [-0.05, 0) is 35.9 Å². The lowest BCUT2D eigenvalue weighted by Crippen LogP contribution is -2.31. The number of sulfonamides is 1. The van der Waals surface area contributed by atoms with Gasteiger partial charge < -0.3 is 4.98 Å². The number of nitrogens with one attached hydrogen (secondary N) is 2. The lowest BCUT2D eigenvalue weighted by atomic mass is 10.1. The third-order valence-corrected chi connectivity index (χ3v) is 5.71. The number of fused-ring (bicyclic) bond motifs is 1. The van der Waals surface area contributed by atoms with E-state index in [2.05, 4.69) is 25.6 Å². The Kier molecular flexibility index (Phi) is 4.67. The number of carbonyl (C=O) groups excluding carboxylic acids is 1. The normalized spacial score (nSPS) is 11.6. The summed E-state index contributed by atoms with van der Waals surface area (Å²) in [6.07, 6.45) is 1.63. The van der Waals surface area contributed by atoms with E-state index in [1.165, 1.54) is 18.2 Å². The smallest absolute Gasteiger partial charge is 0.264 e. The molecule has 2 N–H and O–H groups in total. The van der Waals surface area contributed by atoms with Crippen LogP contribution >= 0.6 is 27.5 Å². The van der Waals surface area contributed by atoms with E-state index in [1.54, 1.807) is 12.3 Å². The van der Waals surface area contributed by atoms with Crippen LogP contribution in [0.4, 0.5) is 0 Å². The number of benzene rings is 2. The first-order chi connectivity index (χ1) is 11.4. The number of aromatic nitrogens is 1. The van der Waals surface area contributed by atoms with Crippen LogP contribution < -0.4 is 4.72 Å². The van der Waals surface area contributed by atoms with E-state index in [-0.39, 0.29) is 16.3 Å². The Morgan fingerprint density at radius 3 is 2.71 bits per heavy atom. The summed E-state index contributed by atoms with van der Waals surface area (Å²) in [7, 11) is -3.95. The largest absolute Gasteiger partial charge is 0.361 e. The van der Waals surface area contributed by atoms with E-state index in [4.69, 9.17) is 11.6 Å². The van der Waals surface area contributed by atoms with Crippen LogP contribution in [0.2, 0.25) is 5.02 Å². The molecule has 0 unspecified atom stereocenters. The van der Waals surface area contributed by atoms with Gasteiger partial charge in [-0.1, -0.05) is 39.7 Å². The minimum Gasteiger partial charge on any atom is -0.361 e. The summed E-state index contributed by atoms with van der Waals surface area (Å²) in [5.41, 5.74) is 1.57. The van der Waals surface area contributed by atoms with Gasteiger partial charge in [0.1, 0.15) is 0 Å². The molecule has 0 aliphatic carbocycles. The van der Waals surface area contributed by atoms with E-state index in [0.29, 0.717) is 5.56 Å². The molecule has 0 aliphatic heterocycles. The molecular formula is C16H12BrClN2O3S. The van der Waals surface area contributed by atoms with Crippen molar-refractivity contribution in [3.63, 3.8) is 0 Å². The summed E-state index contributed by atoms with van der Waals surface area (Å²) in [5.74, 6) is -0.619. The van der Waals surface area contributed by atoms with Crippen LogP contribution in [-0.2, 0) is 21.2 Å². The number of aromatic amines is 1. The highest BCUT2D eigenvalue weighted by atomic mass is 79.9. The Bertz CT molecular complexity index is 1030. The van der Waals surface area contributed by atoms with Crippen LogP contribution in [0, 0.1) is 0 Å². The van der Waals surface area contributed by atoms with E-state index in [9.17, 15) is 13.2 Å². The molecule has 124 valence electrons. The fraction of sp³-hybridized carbons (Fsp3) is 0.0625. The fourth-order valence-electron chi connectivity index (χ4n) is 2.40. The molecule has 0 radical (unpaired) electrons. The van der Waals surface area contributed by atoms with Gasteiger partial charge in [0.25, 0.3) is 10.0 Å². The molecule has 8 heteroatoms. The van der Waals surface area contributed by atoms with Gasteiger partial charge in [-0.3, -0.25) is 4.79 Å². The third-order valence-electron chi connectivity index (χ3n) is 3.44. The van der Waals surface area contributed by atoms with Crippen molar-refractivity contribution in [1.82, 2.24) is 9.71 Å². The molecule has 0 spiro atoms. The van der Waals surface area contributed by atoms with Crippen molar-refractivity contribution in [3.05, 3.63) is 63.7 Å². The van der Waals surface area contributed by atoms with Gasteiger partial charge in [0.2, 0.25) is 5.91 Å². The monoisotopic (exact) mass is 426 g/mol. The third kappa shape index (κ3) is 3.48. The Morgan fingerprint density at radius 2 is 1.96 bits per heavy atom. The van der Waals surface area contributed by atoms with Crippen molar-refractivity contribution in [2.45, 2.75) is 11.3 Å². The molecule has 5 nitrogen and oxygen atoms in total. The van der Waals surface area contributed by atoms with Gasteiger partial charge in [-0.2, -0.15) is 0 Å². The highest BCUT2D eigenvalue weighted by Gasteiger charge is 2.19. The number of halogens is 2. The number of carbonyl (C=O) groups is 1. The Labute approximate surface area is 152 Å². The first-order valence-electron chi connectivity index (χ1n) is 6.92. The summed E-state index contributed by atoms with van der Waals surface area (Å²) in [6.45, 7) is 0. The predicted octanol–water partition coefficient (Wildman–Crippen LogP) is 3.63. The van der Waals surface area contributed by atoms with Crippen LogP contribution in [0.3, 0.4) is 0 Å². The van der Waals surface area contributed by atoms with Crippen molar-refractivity contribution in [1.29, 1.82) is 0 Å². The van der Waals surface area contributed by atoms with E-state index in [1.807, 2.05) is 18.2 Å². The van der Waals surface area contributed by atoms with Crippen molar-refractivity contribution in [2.24, 2.45) is 0 Å². The molecule has 0 saturated carbocycles. The number of hydrogen-bond donors (Lipinski definition) is 2. The SMILES string of the molecule is O=C(Cc1c[nH]c2cccc(Br)c12)NS(=O)(=O)c1cccc(Cl)c1. The minimum absolute atomic E-state index is 0.0524. The lowest BCUT2D eigenvalue weighted by Gasteiger charge is -2.07. The van der Waals surface area contributed by atoms with Gasteiger partial charge >= 0.3 is 0 Å². The quantitative estimate of drug-likeness (QED) is 0.667. The topological polar surface area (TPSA) is 79.0 Å². The van der Waals surface area contributed by atoms with Gasteiger partial charge in [0.05, 0.1) is 11.3 Å². The summed E-state index contributed by atoms with van der Waals surface area (Å²) in [6, 6.07) is 11.4. The highest BCUT2D eigenvalue weighted by Crippen LogP contribution is 2.27. The maximum absolute atomic E-state index is 12.2. The second-order valence-electron chi connectivity index (χ2n) is 5.14. The molecule has 24 heavy (non-hydrogen) atoms.